The van der Waals surface area contributed by atoms with Crippen molar-refractivity contribution >= 4 is 0 Å². The van der Waals surface area contributed by atoms with Crippen molar-refractivity contribution in [2.45, 2.75) is 12.8 Å². The van der Waals surface area contributed by atoms with Crippen LogP contribution in [0.25, 0.3) is 0 Å². The van der Waals surface area contributed by atoms with Gasteiger partial charge in [-0.1, -0.05) is 6.42 Å². The summed E-state index contributed by atoms with van der Waals surface area (Å²) in [6.07, 6.45) is 8.08. The predicted molar refractivity (Wildman–Crippen MR) is 31.8 cm³/mol. The Morgan fingerprint density at radius 1 is 1.67 bits per heavy atom. The van der Waals surface area contributed by atoms with Crippen molar-refractivity contribution in [1.82, 2.24) is 0 Å². The smallest absolute Gasteiger partial charge is 0.0511 e. The topological polar surface area (TPSA) is 23.8 Å². The van der Waals surface area contributed by atoms with Gasteiger partial charge in [0.1, 0.15) is 0 Å². The van der Waals surface area contributed by atoms with Gasteiger partial charge in [-0.25, -0.2) is 18.6 Å². The maximum atomic E-state index is 8.38. The second kappa shape index (κ2) is 3.15. The van der Waals surface area contributed by atoms with Gasteiger partial charge in [0.25, 0.3) is 0 Å². The molecule has 1 unspecified atom stereocenters. The Labute approximate surface area is 49.6 Å². The maximum Gasteiger partial charge on any atom is 0.0511 e. The van der Waals surface area contributed by atoms with Crippen molar-refractivity contribution in [3.8, 4) is 6.07 Å². The Balaban J connectivity index is 0.000000640. The number of nitrogens with zero attached hydrogens (tertiary/aromatic N) is 1. The molecule has 0 aromatic carbocycles. The van der Waals surface area contributed by atoms with E-state index < -0.39 is 0 Å². The number of allylic oxidation sites excluding steroid dienone is 2. The average molecular weight is 373 g/mol. The fourth-order valence-electron chi connectivity index (χ4n) is 0.789. The van der Waals surface area contributed by atoms with Crippen LogP contribution in [0.3, 0.4) is 0 Å². The summed E-state index contributed by atoms with van der Waals surface area (Å²) in [5.41, 5.74) is 0. The van der Waals surface area contributed by atoms with Gasteiger partial charge in [-0.3, -0.25) is 0 Å². The molecule has 0 amide bonds. The number of hydrogen-bond donors (Lipinski definition) is 0. The van der Waals surface area contributed by atoms with Gasteiger partial charge >= 0.3 is 0 Å². The molecule has 0 saturated carbocycles. The quantitative estimate of drug-likeness (QED) is 0.593. The van der Waals surface area contributed by atoms with Crippen LogP contribution < -0.4 is 0 Å². The van der Waals surface area contributed by atoms with Crippen LogP contribution in [-0.4, -0.2) is 0 Å². The summed E-state index contributed by atoms with van der Waals surface area (Å²) >= 11 is 0. The molecule has 0 spiro atoms. The zero-order chi connectivity index (χ0) is 5.82. The molecule has 2 heteroatoms. The normalized spacial score (nSPS) is 23.2. The molecule has 1 aliphatic carbocycles. The van der Waals surface area contributed by atoms with Gasteiger partial charge in [0.2, 0.25) is 0 Å². The number of rotatable bonds is 0. The molecule has 0 radical (unpaired) electrons. The first-order valence-electron chi connectivity index (χ1n) is 2.83. The largest absolute Gasteiger partial charge is 0.231 e. The summed E-state index contributed by atoms with van der Waals surface area (Å²) < 4.78 is 0. The van der Waals surface area contributed by atoms with Gasteiger partial charge in [-0.05, 0) is 5.92 Å². The van der Waals surface area contributed by atoms with E-state index in [0.717, 1.165) is 12.8 Å². The molecule has 0 saturated heterocycles. The molecule has 9 heavy (non-hydrogen) atoms. The molecular formula is C7H8NRf-. The monoisotopic (exact) mass is 373 g/mol. The molecule has 0 bridgehead atoms. The van der Waals surface area contributed by atoms with Crippen LogP contribution >= 0.6 is 0 Å². The summed E-state index contributed by atoms with van der Waals surface area (Å²) in [6.45, 7) is 0. The van der Waals surface area contributed by atoms with Crippen molar-refractivity contribution in [2.24, 2.45) is 5.92 Å². The minimum absolute atomic E-state index is 0. The second-order valence-corrected chi connectivity index (χ2v) is 1.93. The summed E-state index contributed by atoms with van der Waals surface area (Å²) in [5.74, 6) is 0.181. The van der Waals surface area contributed by atoms with Gasteiger partial charge in [-0.15, -0.1) is 6.42 Å². The average Bonchev–Trinajstić information content (AvgIpc) is 1.90. The van der Waals surface area contributed by atoms with E-state index in [0.29, 0.717) is 0 Å². The van der Waals surface area contributed by atoms with Crippen LogP contribution in [0.2, 0.25) is 0 Å². The van der Waals surface area contributed by atoms with Crippen molar-refractivity contribution in [3.05, 3.63) is 18.6 Å². The van der Waals surface area contributed by atoms with E-state index in [-0.39, 0.29) is 5.92 Å². The van der Waals surface area contributed by atoms with Gasteiger partial charge in [0.15, 0.2) is 0 Å². The van der Waals surface area contributed by atoms with Crippen LogP contribution in [0.5, 0.6) is 0 Å². The Bertz CT molecular complexity index is 134. The molecule has 1 atom stereocenters. The van der Waals surface area contributed by atoms with Gasteiger partial charge in [0.05, 0.1) is 6.07 Å². The Morgan fingerprint density at radius 2 is 2.44 bits per heavy atom. The molecule has 1 rings (SSSR count). The Hall–Kier alpha value is -1.90. The minimum atomic E-state index is 0. The van der Waals surface area contributed by atoms with E-state index in [1.54, 1.807) is 0 Å². The number of hydrogen-bond acceptors (Lipinski definition) is 1. The van der Waals surface area contributed by atoms with Gasteiger partial charge in [0, 0.05) is 0 Å². The maximum absolute atomic E-state index is 8.38. The zero-order valence-corrected chi connectivity index (χ0v) is 11.8. The van der Waals surface area contributed by atoms with Crippen LogP contribution in [-0.2, 0) is 0 Å². The van der Waals surface area contributed by atoms with Crippen LogP contribution in [0, 0.1) is 23.7 Å². The fraction of sp³-hybridized carbons (Fsp3) is 0.429. The minimum Gasteiger partial charge on any atom is -0.231 e. The predicted octanol–water partition coefficient (Wildman–Crippen LogP) is 1.68. The molecule has 0 aliphatic heterocycles. The number of nitriles is 1. The molecule has 0 N–H and O–H groups in total. The molecule has 0 aromatic rings. The van der Waals surface area contributed by atoms with Crippen LogP contribution in [0.4, 0.5) is 0 Å². The second-order valence-electron chi connectivity index (χ2n) is 1.93. The standard InChI is InChI=1S/C7H8N.Rf/c8-6-7-4-2-1-3-5-7;/h1-2,4,7H,3,5H2;/q-1;. The van der Waals surface area contributed by atoms with Crippen LogP contribution in [0.1, 0.15) is 12.8 Å². The zero-order valence-electron chi connectivity index (χ0n) is 5.38. The first-order chi connectivity index (χ1) is 3.93. The third kappa shape index (κ3) is 1.56. The molecular weight excluding hydrogens is 365 g/mol. The van der Waals surface area contributed by atoms with E-state index in [1.807, 2.05) is 12.2 Å². The summed E-state index contributed by atoms with van der Waals surface area (Å²) in [4.78, 5) is 0. The van der Waals surface area contributed by atoms with Crippen molar-refractivity contribution < 1.29 is 0 Å². The first kappa shape index (κ1) is 7.10. The molecule has 0 fully saturated rings. The van der Waals surface area contributed by atoms with E-state index in [4.69, 9.17) is 5.26 Å². The Kier molecular flexibility index (Phi) is 2.48. The van der Waals surface area contributed by atoms with E-state index in [9.17, 15) is 0 Å². The summed E-state index contributed by atoms with van der Waals surface area (Å²) in [5, 5.41) is 8.38. The third-order valence-corrected chi connectivity index (χ3v) is 1.29. The van der Waals surface area contributed by atoms with Gasteiger partial charge in [-0.2, -0.15) is 5.26 Å². The van der Waals surface area contributed by atoms with Gasteiger partial charge < -0.3 is 0 Å². The molecule has 44 valence electrons. The first-order valence-corrected chi connectivity index (χ1v) is 2.83. The van der Waals surface area contributed by atoms with Crippen molar-refractivity contribution in [3.63, 3.8) is 0 Å². The molecule has 1 nitrogen and oxygen atoms in total. The van der Waals surface area contributed by atoms with E-state index in [1.165, 1.54) is 0 Å². The summed E-state index contributed by atoms with van der Waals surface area (Å²) in [7, 11) is 0. The molecule has 0 heterocycles. The molecule has 1 aliphatic rings. The third-order valence-electron chi connectivity index (χ3n) is 1.29. The fourth-order valence-corrected chi connectivity index (χ4v) is 0.789. The van der Waals surface area contributed by atoms with E-state index in [2.05, 4.69) is 12.5 Å². The van der Waals surface area contributed by atoms with Crippen LogP contribution in [0.15, 0.2) is 12.2 Å². The Morgan fingerprint density at radius 3 is 2.78 bits per heavy atom. The molecule has 0 aromatic heterocycles. The summed E-state index contributed by atoms with van der Waals surface area (Å²) in [6, 6.07) is 2.20. The SMILES string of the molecule is N#CC1C=C[CH-]CC1.[Rf]. The van der Waals surface area contributed by atoms with Crippen molar-refractivity contribution in [2.75, 3.05) is 0 Å². The van der Waals surface area contributed by atoms with Crippen molar-refractivity contribution in [1.29, 1.82) is 5.26 Å². The van der Waals surface area contributed by atoms with E-state index >= 15 is 0 Å².